The fraction of sp³-hybridized carbons (Fsp3) is 0.423. The number of methoxy groups -OCH3 is 1. The van der Waals surface area contributed by atoms with E-state index in [9.17, 15) is 4.79 Å². The van der Waals surface area contributed by atoms with Gasteiger partial charge in [0, 0.05) is 24.3 Å². The summed E-state index contributed by atoms with van der Waals surface area (Å²) in [5.41, 5.74) is 4.80. The standard InChI is InChI=1S/C26H32N4O2/c1-17(31)22-15-27-24-14-13-23(19-7-11-21(32-4)12-8-19)29-26(24)25(22)28-20-9-5-18(6-10-20)16-30(2)3/h7-8,11-15,18,20H,5-6,9-10,16H2,1-4H3,(H,27,28)/t18-,20-. The zero-order valence-corrected chi connectivity index (χ0v) is 19.4. The summed E-state index contributed by atoms with van der Waals surface area (Å²) in [6, 6.07) is 12.1. The number of fused-ring (bicyclic) bond motifs is 1. The highest BCUT2D eigenvalue weighted by molar-refractivity contribution is 6.06. The molecule has 0 radical (unpaired) electrons. The van der Waals surface area contributed by atoms with Crippen molar-refractivity contribution in [3.05, 3.63) is 48.2 Å². The Bertz CT molecular complexity index is 1090. The average Bonchev–Trinajstić information content (AvgIpc) is 2.79. The van der Waals surface area contributed by atoms with Crippen molar-refractivity contribution in [2.45, 2.75) is 38.6 Å². The molecular formula is C26H32N4O2. The number of nitrogens with one attached hydrogen (secondary N) is 1. The van der Waals surface area contributed by atoms with Crippen LogP contribution in [0.2, 0.25) is 0 Å². The van der Waals surface area contributed by atoms with E-state index < -0.39 is 0 Å². The van der Waals surface area contributed by atoms with Crippen molar-refractivity contribution < 1.29 is 9.53 Å². The molecule has 6 heteroatoms. The maximum absolute atomic E-state index is 12.4. The number of pyridine rings is 2. The molecule has 1 aliphatic carbocycles. The number of hydrogen-bond acceptors (Lipinski definition) is 6. The Morgan fingerprint density at radius 1 is 1.09 bits per heavy atom. The van der Waals surface area contributed by atoms with E-state index in [1.54, 1.807) is 20.2 Å². The smallest absolute Gasteiger partial charge is 0.163 e. The quantitative estimate of drug-likeness (QED) is 0.528. The summed E-state index contributed by atoms with van der Waals surface area (Å²) in [7, 11) is 5.93. The summed E-state index contributed by atoms with van der Waals surface area (Å²) < 4.78 is 5.27. The molecule has 0 unspecified atom stereocenters. The Morgan fingerprint density at radius 2 is 1.81 bits per heavy atom. The molecule has 32 heavy (non-hydrogen) atoms. The molecule has 1 N–H and O–H groups in total. The maximum Gasteiger partial charge on any atom is 0.163 e. The molecule has 4 rings (SSSR count). The third-order valence-electron chi connectivity index (χ3n) is 6.30. The Kier molecular flexibility index (Phi) is 6.70. The number of hydrogen-bond donors (Lipinski definition) is 1. The fourth-order valence-electron chi connectivity index (χ4n) is 4.61. The van der Waals surface area contributed by atoms with E-state index in [0.29, 0.717) is 11.6 Å². The normalized spacial score (nSPS) is 18.7. The highest BCUT2D eigenvalue weighted by atomic mass is 16.5. The minimum Gasteiger partial charge on any atom is -0.497 e. The fourth-order valence-corrected chi connectivity index (χ4v) is 4.61. The molecule has 0 aliphatic heterocycles. The second-order valence-electron chi connectivity index (χ2n) is 9.02. The number of ketones is 1. The third kappa shape index (κ3) is 4.91. The minimum atomic E-state index is -0.000144. The monoisotopic (exact) mass is 432 g/mol. The van der Waals surface area contributed by atoms with Crippen LogP contribution in [0, 0.1) is 5.92 Å². The molecule has 168 valence electrons. The van der Waals surface area contributed by atoms with Gasteiger partial charge in [-0.2, -0.15) is 0 Å². The van der Waals surface area contributed by atoms with Gasteiger partial charge in [0.2, 0.25) is 0 Å². The number of anilines is 1. The van der Waals surface area contributed by atoms with Crippen molar-refractivity contribution in [3.8, 4) is 17.0 Å². The highest BCUT2D eigenvalue weighted by Crippen LogP contribution is 2.32. The highest BCUT2D eigenvalue weighted by Gasteiger charge is 2.24. The van der Waals surface area contributed by atoms with Crippen molar-refractivity contribution in [3.63, 3.8) is 0 Å². The first-order chi connectivity index (χ1) is 15.4. The number of aromatic nitrogens is 2. The molecule has 3 aromatic rings. The Balaban J connectivity index is 1.66. The first-order valence-electron chi connectivity index (χ1n) is 11.3. The predicted octanol–water partition coefficient (Wildman–Crippen LogP) is 5.04. The van der Waals surface area contributed by atoms with Crippen LogP contribution in [0.5, 0.6) is 5.75 Å². The Labute approximate surface area is 190 Å². The minimum absolute atomic E-state index is 0.000144. The first-order valence-corrected chi connectivity index (χ1v) is 11.3. The molecule has 0 saturated heterocycles. The molecule has 2 heterocycles. The van der Waals surface area contributed by atoms with E-state index >= 15 is 0 Å². The zero-order chi connectivity index (χ0) is 22.7. The second-order valence-corrected chi connectivity index (χ2v) is 9.02. The van der Waals surface area contributed by atoms with Crippen LogP contribution in [0.1, 0.15) is 43.0 Å². The number of rotatable bonds is 7. The van der Waals surface area contributed by atoms with Gasteiger partial charge in [0.1, 0.15) is 11.3 Å². The van der Waals surface area contributed by atoms with E-state index in [0.717, 1.165) is 59.0 Å². The lowest BCUT2D eigenvalue weighted by molar-refractivity contribution is 0.101. The predicted molar refractivity (Wildman–Crippen MR) is 129 cm³/mol. The van der Waals surface area contributed by atoms with Crippen LogP contribution in [0.15, 0.2) is 42.6 Å². The second kappa shape index (κ2) is 9.65. The third-order valence-corrected chi connectivity index (χ3v) is 6.30. The summed E-state index contributed by atoms with van der Waals surface area (Å²) in [6.45, 7) is 2.73. The molecule has 1 aliphatic rings. The van der Waals surface area contributed by atoms with E-state index in [-0.39, 0.29) is 5.78 Å². The number of ether oxygens (including phenoxy) is 1. The Morgan fingerprint density at radius 3 is 2.44 bits per heavy atom. The lowest BCUT2D eigenvalue weighted by Gasteiger charge is -2.31. The summed E-state index contributed by atoms with van der Waals surface area (Å²) in [5, 5.41) is 3.69. The number of carbonyl (C=O) groups excluding carboxylic acids is 1. The summed E-state index contributed by atoms with van der Waals surface area (Å²) >= 11 is 0. The van der Waals surface area contributed by atoms with E-state index in [2.05, 4.69) is 29.3 Å². The molecule has 1 saturated carbocycles. The first kappa shape index (κ1) is 22.2. The van der Waals surface area contributed by atoms with Crippen LogP contribution in [-0.4, -0.2) is 54.4 Å². The van der Waals surface area contributed by atoms with E-state index in [1.807, 2.05) is 36.4 Å². The van der Waals surface area contributed by atoms with Gasteiger partial charge in [-0.1, -0.05) is 0 Å². The number of Topliss-reactive ketones (excluding diaryl/α,β-unsaturated/α-hetero) is 1. The Hall–Kier alpha value is -2.99. The van der Waals surface area contributed by atoms with Crippen molar-refractivity contribution in [2.24, 2.45) is 5.92 Å². The molecule has 2 aromatic heterocycles. The van der Waals surface area contributed by atoms with Gasteiger partial charge in [0.25, 0.3) is 0 Å². The van der Waals surface area contributed by atoms with Gasteiger partial charge >= 0.3 is 0 Å². The largest absolute Gasteiger partial charge is 0.497 e. The zero-order valence-electron chi connectivity index (χ0n) is 19.4. The average molecular weight is 433 g/mol. The SMILES string of the molecule is COc1ccc(-c2ccc3ncc(C(C)=O)c(N[C@H]4CC[C@H](CN(C)C)CC4)c3n2)cc1. The van der Waals surface area contributed by atoms with Gasteiger partial charge in [0.15, 0.2) is 5.78 Å². The lowest BCUT2D eigenvalue weighted by Crippen LogP contribution is -2.31. The van der Waals surface area contributed by atoms with Gasteiger partial charge in [-0.3, -0.25) is 9.78 Å². The molecule has 1 aromatic carbocycles. The van der Waals surface area contributed by atoms with Gasteiger partial charge in [-0.25, -0.2) is 4.98 Å². The summed E-state index contributed by atoms with van der Waals surface area (Å²) in [5.74, 6) is 1.55. The lowest BCUT2D eigenvalue weighted by atomic mass is 9.85. The van der Waals surface area contributed by atoms with Crippen LogP contribution in [0.3, 0.4) is 0 Å². The van der Waals surface area contributed by atoms with Crippen LogP contribution >= 0.6 is 0 Å². The molecule has 0 atom stereocenters. The van der Waals surface area contributed by atoms with Crippen molar-refractivity contribution >= 4 is 22.5 Å². The van der Waals surface area contributed by atoms with E-state index in [4.69, 9.17) is 9.72 Å². The number of benzene rings is 1. The summed E-state index contributed by atoms with van der Waals surface area (Å²) in [4.78, 5) is 24.1. The van der Waals surface area contributed by atoms with Crippen LogP contribution < -0.4 is 10.1 Å². The van der Waals surface area contributed by atoms with Crippen LogP contribution in [0.4, 0.5) is 5.69 Å². The summed E-state index contributed by atoms with van der Waals surface area (Å²) in [6.07, 6.45) is 6.26. The molecule has 1 fully saturated rings. The molecule has 0 amide bonds. The van der Waals surface area contributed by atoms with Crippen molar-refractivity contribution in [2.75, 3.05) is 33.1 Å². The topological polar surface area (TPSA) is 67.3 Å². The van der Waals surface area contributed by atoms with E-state index in [1.165, 1.54) is 12.8 Å². The van der Waals surface area contributed by atoms with Crippen LogP contribution in [-0.2, 0) is 0 Å². The van der Waals surface area contributed by atoms with Crippen LogP contribution in [0.25, 0.3) is 22.3 Å². The molecule has 6 nitrogen and oxygen atoms in total. The van der Waals surface area contributed by atoms with Gasteiger partial charge < -0.3 is 15.0 Å². The number of nitrogens with zero attached hydrogens (tertiary/aromatic N) is 3. The van der Waals surface area contributed by atoms with Crippen molar-refractivity contribution in [1.29, 1.82) is 0 Å². The van der Waals surface area contributed by atoms with Gasteiger partial charge in [-0.05, 0) is 89.0 Å². The molecular weight excluding hydrogens is 400 g/mol. The van der Waals surface area contributed by atoms with Gasteiger partial charge in [0.05, 0.1) is 29.6 Å². The molecule has 0 spiro atoms. The van der Waals surface area contributed by atoms with Gasteiger partial charge in [-0.15, -0.1) is 0 Å². The number of carbonyl (C=O) groups is 1. The molecule has 0 bridgehead atoms. The maximum atomic E-state index is 12.4. The van der Waals surface area contributed by atoms with Crippen molar-refractivity contribution in [1.82, 2.24) is 14.9 Å².